The maximum absolute atomic E-state index is 14.1. The van der Waals surface area contributed by atoms with Gasteiger partial charge in [0, 0.05) is 11.8 Å². The van der Waals surface area contributed by atoms with Gasteiger partial charge in [-0.05, 0) is 24.6 Å². The van der Waals surface area contributed by atoms with Crippen LogP contribution in [0, 0.1) is 6.92 Å². The lowest BCUT2D eigenvalue weighted by molar-refractivity contribution is -0.203. The van der Waals surface area contributed by atoms with E-state index in [-0.39, 0.29) is 11.1 Å². The van der Waals surface area contributed by atoms with Crippen molar-refractivity contribution in [3.8, 4) is 0 Å². The fourth-order valence-corrected chi connectivity index (χ4v) is 2.70. The van der Waals surface area contributed by atoms with Gasteiger partial charge in [-0.25, -0.2) is 9.78 Å². The standard InChI is InChI=1S/C18H14ClF6N3O3/c1-9-5-3-4-6-11(9)14(29)28-16(15(30)31-2,18(23,24)25)27-13-12(17(20,21)22)7-10(19)8-26-13/h3-8H,1-2H3,(H,26,27)(H,28,29)/t16-/m0/s1. The highest BCUT2D eigenvalue weighted by atomic mass is 35.5. The Morgan fingerprint density at radius 2 is 1.71 bits per heavy atom. The van der Waals surface area contributed by atoms with Gasteiger partial charge < -0.3 is 15.4 Å². The average molecular weight is 470 g/mol. The lowest BCUT2D eigenvalue weighted by Gasteiger charge is -2.35. The summed E-state index contributed by atoms with van der Waals surface area (Å²) < 4.78 is 86.4. The van der Waals surface area contributed by atoms with Gasteiger partial charge in [0.1, 0.15) is 5.82 Å². The smallest absolute Gasteiger partial charge is 0.441 e. The highest BCUT2D eigenvalue weighted by molar-refractivity contribution is 6.30. The second-order valence-electron chi connectivity index (χ2n) is 6.18. The topological polar surface area (TPSA) is 80.3 Å². The first-order valence-corrected chi connectivity index (χ1v) is 8.65. The molecule has 0 saturated carbocycles. The molecule has 168 valence electrons. The summed E-state index contributed by atoms with van der Waals surface area (Å²) >= 11 is 5.48. The van der Waals surface area contributed by atoms with E-state index in [1.165, 1.54) is 41.8 Å². The van der Waals surface area contributed by atoms with Gasteiger partial charge in [-0.3, -0.25) is 4.79 Å². The molecule has 6 nitrogen and oxygen atoms in total. The number of halogens is 7. The predicted molar refractivity (Wildman–Crippen MR) is 97.3 cm³/mol. The number of ether oxygens (including phenoxy) is 1. The molecule has 1 aromatic heterocycles. The molecule has 0 radical (unpaired) electrons. The number of aryl methyl sites for hydroxylation is 1. The zero-order valence-electron chi connectivity index (χ0n) is 15.8. The number of aromatic nitrogens is 1. The van der Waals surface area contributed by atoms with Crippen LogP contribution in [0.15, 0.2) is 36.5 Å². The SMILES string of the molecule is COC(=O)[C@@](NC(=O)c1ccccc1C)(Nc1ncc(Cl)cc1C(F)(F)F)C(F)(F)F. The van der Waals surface area contributed by atoms with E-state index >= 15 is 0 Å². The van der Waals surface area contributed by atoms with E-state index in [1.807, 2.05) is 0 Å². The quantitative estimate of drug-likeness (QED) is 0.387. The van der Waals surface area contributed by atoms with Gasteiger partial charge in [0.15, 0.2) is 0 Å². The molecule has 0 aliphatic carbocycles. The van der Waals surface area contributed by atoms with Gasteiger partial charge in [-0.2, -0.15) is 26.3 Å². The van der Waals surface area contributed by atoms with E-state index in [0.29, 0.717) is 19.4 Å². The summed E-state index contributed by atoms with van der Waals surface area (Å²) in [6.07, 6.45) is -10.2. The van der Waals surface area contributed by atoms with E-state index in [0.717, 1.165) is 0 Å². The molecule has 2 rings (SSSR count). The zero-order valence-corrected chi connectivity index (χ0v) is 16.5. The number of carbonyl (C=O) groups excluding carboxylic acids is 2. The molecule has 0 unspecified atom stereocenters. The maximum atomic E-state index is 14.1. The number of esters is 1. The molecule has 2 N–H and O–H groups in total. The van der Waals surface area contributed by atoms with E-state index in [4.69, 9.17) is 11.6 Å². The molecule has 31 heavy (non-hydrogen) atoms. The zero-order chi connectivity index (χ0) is 23.6. The molecule has 13 heteroatoms. The Morgan fingerprint density at radius 1 is 1.10 bits per heavy atom. The van der Waals surface area contributed by atoms with Gasteiger partial charge in [-0.15, -0.1) is 0 Å². The number of nitrogens with zero attached hydrogens (tertiary/aromatic N) is 1. The first kappa shape index (κ1) is 24.3. The minimum absolute atomic E-state index is 0.248. The third-order valence-corrected chi connectivity index (χ3v) is 4.28. The highest BCUT2D eigenvalue weighted by Crippen LogP contribution is 2.39. The van der Waals surface area contributed by atoms with Crippen LogP contribution in [-0.2, 0) is 15.7 Å². The third-order valence-electron chi connectivity index (χ3n) is 4.07. The molecule has 0 spiro atoms. The molecule has 2 aromatic rings. The Labute approximate surface area is 176 Å². The van der Waals surface area contributed by atoms with E-state index in [9.17, 15) is 35.9 Å². The van der Waals surface area contributed by atoms with Crippen molar-refractivity contribution in [1.29, 1.82) is 0 Å². The Balaban J connectivity index is 2.66. The van der Waals surface area contributed by atoms with Gasteiger partial charge in [0.05, 0.1) is 17.7 Å². The van der Waals surface area contributed by atoms with Crippen molar-refractivity contribution in [2.45, 2.75) is 24.9 Å². The van der Waals surface area contributed by atoms with Crippen molar-refractivity contribution in [1.82, 2.24) is 10.3 Å². The van der Waals surface area contributed by atoms with E-state index in [2.05, 4.69) is 9.72 Å². The fraction of sp³-hybridized carbons (Fsp3) is 0.278. The van der Waals surface area contributed by atoms with Crippen LogP contribution >= 0.6 is 11.6 Å². The fourth-order valence-electron chi connectivity index (χ4n) is 2.54. The largest absolute Gasteiger partial charge is 0.466 e. The Morgan fingerprint density at radius 3 is 2.23 bits per heavy atom. The summed E-state index contributed by atoms with van der Waals surface area (Å²) in [6.45, 7) is 1.41. The maximum Gasteiger partial charge on any atom is 0.441 e. The van der Waals surface area contributed by atoms with Crippen molar-refractivity contribution < 1.29 is 40.7 Å². The molecule has 1 aromatic carbocycles. The first-order valence-electron chi connectivity index (χ1n) is 8.27. The molecule has 0 fully saturated rings. The Hall–Kier alpha value is -3.02. The number of methoxy groups -OCH3 is 1. The van der Waals surface area contributed by atoms with E-state index < -0.39 is 46.3 Å². The molecule has 0 bridgehead atoms. The minimum Gasteiger partial charge on any atom is -0.466 e. The van der Waals surface area contributed by atoms with Crippen LogP contribution in [0.4, 0.5) is 32.2 Å². The summed E-state index contributed by atoms with van der Waals surface area (Å²) in [6, 6.07) is 5.77. The lowest BCUT2D eigenvalue weighted by atomic mass is 10.0. The van der Waals surface area contributed by atoms with E-state index in [1.54, 1.807) is 0 Å². The number of alkyl halides is 6. The number of carbonyl (C=O) groups is 2. The van der Waals surface area contributed by atoms with Crippen molar-refractivity contribution >= 4 is 29.3 Å². The third kappa shape index (κ3) is 5.01. The van der Waals surface area contributed by atoms with Crippen molar-refractivity contribution in [3.63, 3.8) is 0 Å². The van der Waals surface area contributed by atoms with Gasteiger partial charge >= 0.3 is 24.0 Å². The van der Waals surface area contributed by atoms with Crippen molar-refractivity contribution in [2.24, 2.45) is 0 Å². The summed E-state index contributed by atoms with van der Waals surface area (Å²) in [5, 5.41) is 2.30. The summed E-state index contributed by atoms with van der Waals surface area (Å²) in [7, 11) is 0.574. The number of amides is 1. The minimum atomic E-state index is -5.65. The monoisotopic (exact) mass is 469 g/mol. The second-order valence-corrected chi connectivity index (χ2v) is 6.62. The molecular formula is C18H14ClF6N3O3. The van der Waals surface area contributed by atoms with Gasteiger partial charge in [0.25, 0.3) is 5.91 Å². The predicted octanol–water partition coefficient (Wildman–Crippen LogP) is 4.34. The Kier molecular flexibility index (Phi) is 6.74. The first-order chi connectivity index (χ1) is 14.2. The molecule has 1 heterocycles. The van der Waals surface area contributed by atoms with Crippen LogP contribution in [0.25, 0.3) is 0 Å². The van der Waals surface area contributed by atoms with Crippen molar-refractivity contribution in [3.05, 3.63) is 58.2 Å². The number of anilines is 1. The Bertz CT molecular complexity index is 996. The molecule has 1 atom stereocenters. The van der Waals surface area contributed by atoms with Crippen LogP contribution < -0.4 is 10.6 Å². The van der Waals surface area contributed by atoms with Crippen LogP contribution in [0.5, 0.6) is 0 Å². The number of hydrogen-bond donors (Lipinski definition) is 2. The summed E-state index contributed by atoms with van der Waals surface area (Å²) in [4.78, 5) is 28.0. The summed E-state index contributed by atoms with van der Waals surface area (Å²) in [5.74, 6) is -4.91. The molecule has 1 amide bonds. The number of benzene rings is 1. The van der Waals surface area contributed by atoms with Crippen LogP contribution in [0.2, 0.25) is 5.02 Å². The molecule has 0 aliphatic heterocycles. The van der Waals surface area contributed by atoms with Gasteiger partial charge in [-0.1, -0.05) is 29.8 Å². The molecule has 0 aliphatic rings. The number of hydrogen-bond acceptors (Lipinski definition) is 5. The summed E-state index contributed by atoms with van der Waals surface area (Å²) in [5.41, 5.74) is -5.78. The average Bonchev–Trinajstić information content (AvgIpc) is 2.66. The van der Waals surface area contributed by atoms with Gasteiger partial charge in [0.2, 0.25) is 0 Å². The number of pyridine rings is 1. The van der Waals surface area contributed by atoms with Crippen LogP contribution in [0.1, 0.15) is 21.5 Å². The number of rotatable bonds is 5. The molecule has 0 saturated heterocycles. The van der Waals surface area contributed by atoms with Crippen LogP contribution in [-0.4, -0.2) is 35.8 Å². The number of nitrogens with one attached hydrogen (secondary N) is 2. The van der Waals surface area contributed by atoms with Crippen LogP contribution in [0.3, 0.4) is 0 Å². The van der Waals surface area contributed by atoms with Crippen molar-refractivity contribution in [2.75, 3.05) is 12.4 Å². The lowest BCUT2D eigenvalue weighted by Crippen LogP contribution is -2.69. The molecular weight excluding hydrogens is 456 g/mol. The normalized spacial score (nSPS) is 13.8. The second kappa shape index (κ2) is 8.61. The highest BCUT2D eigenvalue weighted by Gasteiger charge is 2.64.